The predicted octanol–water partition coefficient (Wildman–Crippen LogP) is 2.37. The van der Waals surface area contributed by atoms with Crippen LogP contribution in [-0.2, 0) is 9.84 Å². The van der Waals surface area contributed by atoms with Crippen LogP contribution < -0.4 is 5.32 Å². The Kier molecular flexibility index (Phi) is 4.70. The van der Waals surface area contributed by atoms with Gasteiger partial charge < -0.3 is 10.2 Å². The van der Waals surface area contributed by atoms with Gasteiger partial charge in [-0.15, -0.1) is 0 Å². The van der Waals surface area contributed by atoms with Crippen molar-refractivity contribution in [2.24, 2.45) is 0 Å². The van der Waals surface area contributed by atoms with Crippen molar-refractivity contribution in [1.82, 2.24) is 4.90 Å². The Morgan fingerprint density at radius 1 is 1.20 bits per heavy atom. The molecule has 0 unspecified atom stereocenters. The number of piperidine rings is 1. The Hall–Kier alpha value is -1.07. The van der Waals surface area contributed by atoms with Gasteiger partial charge in [-0.1, -0.05) is 12.1 Å². The van der Waals surface area contributed by atoms with Crippen molar-refractivity contribution in [2.45, 2.75) is 43.7 Å². The summed E-state index contributed by atoms with van der Waals surface area (Å²) in [5.41, 5.74) is 0.734. The SMILES string of the molecule is CC(C)N1CCC(Nc2ccccc2S(C)(=O)=O)CC1. The third-order valence-electron chi connectivity index (χ3n) is 3.91. The van der Waals surface area contributed by atoms with E-state index in [1.807, 2.05) is 12.1 Å². The highest BCUT2D eigenvalue weighted by atomic mass is 32.2. The lowest BCUT2D eigenvalue weighted by atomic mass is 10.0. The summed E-state index contributed by atoms with van der Waals surface area (Å²) in [4.78, 5) is 2.85. The van der Waals surface area contributed by atoms with E-state index in [1.54, 1.807) is 12.1 Å². The van der Waals surface area contributed by atoms with Crippen LogP contribution in [0.5, 0.6) is 0 Å². The lowest BCUT2D eigenvalue weighted by Gasteiger charge is -2.35. The van der Waals surface area contributed by atoms with Crippen LogP contribution in [0.1, 0.15) is 26.7 Å². The van der Waals surface area contributed by atoms with Crippen molar-refractivity contribution in [3.63, 3.8) is 0 Å². The number of benzene rings is 1. The van der Waals surface area contributed by atoms with Gasteiger partial charge >= 0.3 is 0 Å². The quantitative estimate of drug-likeness (QED) is 0.927. The molecule has 2 rings (SSSR count). The smallest absolute Gasteiger partial charge is 0.177 e. The Bertz CT molecular complexity index is 547. The van der Waals surface area contributed by atoms with E-state index < -0.39 is 9.84 Å². The number of anilines is 1. The van der Waals surface area contributed by atoms with Gasteiger partial charge in [0.1, 0.15) is 0 Å². The van der Waals surface area contributed by atoms with E-state index >= 15 is 0 Å². The van der Waals surface area contributed by atoms with Gasteiger partial charge in [0.2, 0.25) is 0 Å². The third kappa shape index (κ3) is 3.73. The molecule has 1 aliphatic rings. The Labute approximate surface area is 122 Å². The molecule has 20 heavy (non-hydrogen) atoms. The summed E-state index contributed by atoms with van der Waals surface area (Å²) in [6, 6.07) is 8.10. The molecule has 0 amide bonds. The van der Waals surface area contributed by atoms with Gasteiger partial charge in [-0.3, -0.25) is 0 Å². The maximum absolute atomic E-state index is 11.8. The third-order valence-corrected chi connectivity index (χ3v) is 5.06. The monoisotopic (exact) mass is 296 g/mol. The first kappa shape index (κ1) is 15.3. The summed E-state index contributed by atoms with van der Waals surface area (Å²) in [5, 5.41) is 3.41. The van der Waals surface area contributed by atoms with Crippen molar-refractivity contribution in [3.8, 4) is 0 Å². The maximum atomic E-state index is 11.8. The van der Waals surface area contributed by atoms with Gasteiger partial charge in [0, 0.05) is 31.4 Å². The second-order valence-electron chi connectivity index (χ2n) is 5.82. The van der Waals surface area contributed by atoms with Gasteiger partial charge in [-0.05, 0) is 38.8 Å². The van der Waals surface area contributed by atoms with Gasteiger partial charge in [0.05, 0.1) is 10.6 Å². The minimum absolute atomic E-state index is 0.355. The average molecular weight is 296 g/mol. The van der Waals surface area contributed by atoms with Crippen molar-refractivity contribution in [1.29, 1.82) is 0 Å². The molecule has 1 aromatic carbocycles. The molecular formula is C15H24N2O2S. The highest BCUT2D eigenvalue weighted by molar-refractivity contribution is 7.90. The second-order valence-corrected chi connectivity index (χ2v) is 7.80. The number of nitrogens with zero attached hydrogens (tertiary/aromatic N) is 1. The molecule has 0 atom stereocenters. The Morgan fingerprint density at radius 2 is 1.80 bits per heavy atom. The molecule has 1 fully saturated rings. The van der Waals surface area contributed by atoms with Gasteiger partial charge in [0.25, 0.3) is 0 Å². The van der Waals surface area contributed by atoms with Gasteiger partial charge in [-0.2, -0.15) is 0 Å². The van der Waals surface area contributed by atoms with Crippen molar-refractivity contribution in [3.05, 3.63) is 24.3 Å². The van der Waals surface area contributed by atoms with Gasteiger partial charge in [0.15, 0.2) is 9.84 Å². The summed E-state index contributed by atoms with van der Waals surface area (Å²) >= 11 is 0. The number of hydrogen-bond donors (Lipinski definition) is 1. The molecule has 1 aliphatic heterocycles. The minimum atomic E-state index is -3.18. The Balaban J connectivity index is 2.06. The largest absolute Gasteiger partial charge is 0.381 e. The topological polar surface area (TPSA) is 49.4 Å². The van der Waals surface area contributed by atoms with Crippen molar-refractivity contribution < 1.29 is 8.42 Å². The van der Waals surface area contributed by atoms with E-state index in [1.165, 1.54) is 6.26 Å². The molecular weight excluding hydrogens is 272 g/mol. The standard InChI is InChI=1S/C15H24N2O2S/c1-12(2)17-10-8-13(9-11-17)16-14-6-4-5-7-15(14)20(3,18)19/h4-7,12-13,16H,8-11H2,1-3H3. The highest BCUT2D eigenvalue weighted by Crippen LogP contribution is 2.24. The summed E-state index contributed by atoms with van der Waals surface area (Å²) in [7, 11) is -3.18. The number of para-hydroxylation sites is 1. The first-order chi connectivity index (χ1) is 9.38. The van der Waals surface area contributed by atoms with Gasteiger partial charge in [-0.25, -0.2) is 8.42 Å². The van der Waals surface area contributed by atoms with Crippen LogP contribution in [-0.4, -0.2) is 44.7 Å². The number of rotatable bonds is 4. The van der Waals surface area contributed by atoms with Crippen LogP contribution in [0.2, 0.25) is 0 Å². The maximum Gasteiger partial charge on any atom is 0.177 e. The first-order valence-electron chi connectivity index (χ1n) is 7.17. The molecule has 5 heteroatoms. The summed E-state index contributed by atoms with van der Waals surface area (Å²) < 4.78 is 23.6. The lowest BCUT2D eigenvalue weighted by molar-refractivity contribution is 0.177. The van der Waals surface area contributed by atoms with Crippen molar-refractivity contribution in [2.75, 3.05) is 24.7 Å². The Morgan fingerprint density at radius 3 is 2.35 bits per heavy atom. The zero-order chi connectivity index (χ0) is 14.8. The number of nitrogens with one attached hydrogen (secondary N) is 1. The second kappa shape index (κ2) is 6.14. The molecule has 4 nitrogen and oxygen atoms in total. The molecule has 112 valence electrons. The molecule has 1 heterocycles. The lowest BCUT2D eigenvalue weighted by Crippen LogP contribution is -2.42. The fraction of sp³-hybridized carbons (Fsp3) is 0.600. The van der Waals surface area contributed by atoms with E-state index in [-0.39, 0.29) is 0 Å². The molecule has 1 aromatic rings. The van der Waals surface area contributed by atoms with E-state index in [0.29, 0.717) is 17.0 Å². The van der Waals surface area contributed by atoms with Crippen LogP contribution in [0.15, 0.2) is 29.2 Å². The highest BCUT2D eigenvalue weighted by Gasteiger charge is 2.22. The zero-order valence-corrected chi connectivity index (χ0v) is 13.3. The average Bonchev–Trinajstić information content (AvgIpc) is 2.38. The molecule has 1 N–H and O–H groups in total. The van der Waals surface area contributed by atoms with E-state index in [9.17, 15) is 8.42 Å². The van der Waals surface area contributed by atoms with Crippen LogP contribution in [0.25, 0.3) is 0 Å². The van der Waals surface area contributed by atoms with Crippen LogP contribution >= 0.6 is 0 Å². The molecule has 0 bridgehead atoms. The fourth-order valence-corrected chi connectivity index (χ4v) is 3.54. The summed E-state index contributed by atoms with van der Waals surface area (Å²) in [6.07, 6.45) is 3.36. The molecule has 0 saturated carbocycles. The number of likely N-dealkylation sites (tertiary alicyclic amines) is 1. The van der Waals surface area contributed by atoms with E-state index in [2.05, 4.69) is 24.1 Å². The summed E-state index contributed by atoms with van der Waals surface area (Å²) in [6.45, 7) is 6.56. The van der Waals surface area contributed by atoms with Crippen LogP contribution in [0.4, 0.5) is 5.69 Å². The zero-order valence-electron chi connectivity index (χ0n) is 12.5. The van der Waals surface area contributed by atoms with Crippen LogP contribution in [0, 0.1) is 0 Å². The van der Waals surface area contributed by atoms with Crippen molar-refractivity contribution >= 4 is 15.5 Å². The van der Waals surface area contributed by atoms with E-state index in [0.717, 1.165) is 31.6 Å². The van der Waals surface area contributed by atoms with E-state index in [4.69, 9.17) is 0 Å². The molecule has 0 aromatic heterocycles. The molecule has 0 spiro atoms. The predicted molar refractivity (Wildman–Crippen MR) is 82.9 cm³/mol. The first-order valence-corrected chi connectivity index (χ1v) is 9.06. The molecule has 0 radical (unpaired) electrons. The normalized spacial score (nSPS) is 18.4. The number of sulfone groups is 1. The number of hydrogen-bond acceptors (Lipinski definition) is 4. The fourth-order valence-electron chi connectivity index (χ4n) is 2.69. The minimum Gasteiger partial charge on any atom is -0.381 e. The summed E-state index contributed by atoms with van der Waals surface area (Å²) in [5.74, 6) is 0. The van der Waals surface area contributed by atoms with Crippen LogP contribution in [0.3, 0.4) is 0 Å². The molecule has 0 aliphatic carbocycles. The molecule has 1 saturated heterocycles.